The zero-order chi connectivity index (χ0) is 17.2. The molecule has 1 N–H and O–H groups in total. The van der Waals surface area contributed by atoms with E-state index >= 15 is 0 Å². The number of rotatable bonds is 7. The molecule has 1 aromatic heterocycles. The SMILES string of the molecule is CCS(=O)(=O)c1ccc(CNC(=O)c2coc(CC3CC3)n2)cc1. The Hall–Kier alpha value is -2.15. The summed E-state index contributed by atoms with van der Waals surface area (Å²) in [5.74, 6) is 1.03. The van der Waals surface area contributed by atoms with Crippen LogP contribution in [0.15, 0.2) is 39.8 Å². The summed E-state index contributed by atoms with van der Waals surface area (Å²) in [5, 5.41) is 2.76. The molecule has 6 nitrogen and oxygen atoms in total. The summed E-state index contributed by atoms with van der Waals surface area (Å²) in [7, 11) is -3.20. The van der Waals surface area contributed by atoms with Crippen LogP contribution in [0.4, 0.5) is 0 Å². The Kier molecular flexibility index (Phi) is 4.71. The third-order valence-corrected chi connectivity index (χ3v) is 5.81. The van der Waals surface area contributed by atoms with Gasteiger partial charge in [-0.15, -0.1) is 0 Å². The zero-order valence-electron chi connectivity index (χ0n) is 13.5. The van der Waals surface area contributed by atoms with Gasteiger partial charge in [0, 0.05) is 13.0 Å². The molecule has 7 heteroatoms. The number of hydrogen-bond donors (Lipinski definition) is 1. The van der Waals surface area contributed by atoms with Gasteiger partial charge in [-0.05, 0) is 36.5 Å². The van der Waals surface area contributed by atoms with Gasteiger partial charge in [0.1, 0.15) is 6.26 Å². The van der Waals surface area contributed by atoms with Gasteiger partial charge < -0.3 is 9.73 Å². The molecule has 2 aromatic rings. The van der Waals surface area contributed by atoms with Crippen LogP contribution in [0.1, 0.15) is 41.7 Å². The highest BCUT2D eigenvalue weighted by Gasteiger charge is 2.24. The molecule has 0 spiro atoms. The minimum Gasteiger partial charge on any atom is -0.448 e. The van der Waals surface area contributed by atoms with Crippen molar-refractivity contribution in [2.24, 2.45) is 5.92 Å². The minimum atomic E-state index is -3.20. The van der Waals surface area contributed by atoms with Gasteiger partial charge in [0.05, 0.1) is 10.6 Å². The average Bonchev–Trinajstić information content (AvgIpc) is 3.28. The molecule has 0 unspecified atom stereocenters. The van der Waals surface area contributed by atoms with Gasteiger partial charge in [0.2, 0.25) is 0 Å². The van der Waals surface area contributed by atoms with Gasteiger partial charge in [-0.3, -0.25) is 4.79 Å². The van der Waals surface area contributed by atoms with Crippen molar-refractivity contribution in [3.8, 4) is 0 Å². The second-order valence-corrected chi connectivity index (χ2v) is 8.28. The molecule has 0 aliphatic heterocycles. The number of sulfone groups is 1. The first-order valence-corrected chi connectivity index (χ1v) is 9.67. The van der Waals surface area contributed by atoms with Crippen molar-refractivity contribution < 1.29 is 17.6 Å². The number of oxazole rings is 1. The van der Waals surface area contributed by atoms with E-state index in [2.05, 4.69) is 10.3 Å². The van der Waals surface area contributed by atoms with Gasteiger partial charge >= 0.3 is 0 Å². The predicted molar refractivity (Wildman–Crippen MR) is 88.3 cm³/mol. The molecule has 1 fully saturated rings. The summed E-state index contributed by atoms with van der Waals surface area (Å²) >= 11 is 0. The molecule has 0 saturated heterocycles. The topological polar surface area (TPSA) is 89.3 Å². The Balaban J connectivity index is 1.56. The van der Waals surface area contributed by atoms with Gasteiger partial charge in [0.15, 0.2) is 21.4 Å². The van der Waals surface area contributed by atoms with Gasteiger partial charge in [0.25, 0.3) is 5.91 Å². The summed E-state index contributed by atoms with van der Waals surface area (Å²) in [6, 6.07) is 6.52. The number of amides is 1. The summed E-state index contributed by atoms with van der Waals surface area (Å²) in [6.07, 6.45) is 4.58. The number of benzene rings is 1. The number of carbonyl (C=O) groups is 1. The molecule has 1 amide bonds. The molecule has 0 radical (unpaired) electrons. The molecule has 1 heterocycles. The lowest BCUT2D eigenvalue weighted by molar-refractivity contribution is 0.0946. The van der Waals surface area contributed by atoms with E-state index in [1.807, 2.05) is 0 Å². The summed E-state index contributed by atoms with van der Waals surface area (Å²) in [4.78, 5) is 16.6. The van der Waals surface area contributed by atoms with E-state index in [1.165, 1.54) is 19.1 Å². The van der Waals surface area contributed by atoms with Gasteiger partial charge in [-0.1, -0.05) is 19.1 Å². The molecule has 0 bridgehead atoms. The van der Waals surface area contributed by atoms with E-state index in [1.54, 1.807) is 31.2 Å². The average molecular weight is 348 g/mol. The molecule has 1 aromatic carbocycles. The maximum absolute atomic E-state index is 12.1. The Bertz CT molecular complexity index is 821. The van der Waals surface area contributed by atoms with Crippen molar-refractivity contribution in [2.45, 2.75) is 37.6 Å². The highest BCUT2D eigenvalue weighted by molar-refractivity contribution is 7.91. The Labute approximate surface area is 141 Å². The summed E-state index contributed by atoms with van der Waals surface area (Å²) in [5.41, 5.74) is 1.09. The smallest absolute Gasteiger partial charge is 0.273 e. The Morgan fingerprint density at radius 1 is 1.29 bits per heavy atom. The van der Waals surface area contributed by atoms with Crippen LogP contribution in [0.2, 0.25) is 0 Å². The number of carbonyl (C=O) groups excluding carboxylic acids is 1. The molecule has 1 aliphatic rings. The molecular formula is C17H20N2O4S. The zero-order valence-corrected chi connectivity index (χ0v) is 14.3. The van der Waals surface area contributed by atoms with Crippen molar-refractivity contribution in [1.82, 2.24) is 10.3 Å². The first-order valence-electron chi connectivity index (χ1n) is 8.02. The maximum Gasteiger partial charge on any atom is 0.273 e. The van der Waals surface area contributed by atoms with E-state index in [4.69, 9.17) is 4.42 Å². The lowest BCUT2D eigenvalue weighted by Gasteiger charge is -2.05. The van der Waals surface area contributed by atoms with Crippen LogP contribution in [-0.2, 0) is 22.8 Å². The first kappa shape index (κ1) is 16.7. The molecule has 24 heavy (non-hydrogen) atoms. The van der Waals surface area contributed by atoms with Gasteiger partial charge in [-0.25, -0.2) is 13.4 Å². The number of hydrogen-bond acceptors (Lipinski definition) is 5. The standard InChI is InChI=1S/C17H20N2O4S/c1-2-24(21,22)14-7-5-13(6-8-14)10-18-17(20)15-11-23-16(19-15)9-12-3-4-12/h5-8,11-12H,2-4,9-10H2,1H3,(H,18,20). The van der Waals surface area contributed by atoms with E-state index in [9.17, 15) is 13.2 Å². The second kappa shape index (κ2) is 6.76. The lowest BCUT2D eigenvalue weighted by Crippen LogP contribution is -2.23. The normalized spacial score (nSPS) is 14.5. The van der Waals surface area contributed by atoms with Crippen molar-refractivity contribution in [3.05, 3.63) is 47.7 Å². The summed E-state index contributed by atoms with van der Waals surface area (Å²) in [6.45, 7) is 1.91. The summed E-state index contributed by atoms with van der Waals surface area (Å²) < 4.78 is 28.8. The molecule has 0 atom stereocenters. The lowest BCUT2D eigenvalue weighted by atomic mass is 10.2. The van der Waals surface area contributed by atoms with Crippen LogP contribution >= 0.6 is 0 Å². The van der Waals surface area contributed by atoms with E-state index in [0.717, 1.165) is 12.0 Å². The molecule has 1 saturated carbocycles. The fourth-order valence-corrected chi connectivity index (χ4v) is 3.22. The monoisotopic (exact) mass is 348 g/mol. The third kappa shape index (κ3) is 4.03. The van der Waals surface area contributed by atoms with Crippen LogP contribution in [0.5, 0.6) is 0 Å². The fourth-order valence-electron chi connectivity index (χ4n) is 2.33. The van der Waals surface area contributed by atoms with Crippen molar-refractivity contribution >= 4 is 15.7 Å². The predicted octanol–water partition coefficient (Wildman–Crippen LogP) is 2.35. The van der Waals surface area contributed by atoms with Crippen molar-refractivity contribution in [1.29, 1.82) is 0 Å². The van der Waals surface area contributed by atoms with Gasteiger partial charge in [-0.2, -0.15) is 0 Å². The first-order chi connectivity index (χ1) is 11.5. The van der Waals surface area contributed by atoms with Crippen LogP contribution in [0.25, 0.3) is 0 Å². The maximum atomic E-state index is 12.1. The highest BCUT2D eigenvalue weighted by Crippen LogP contribution is 2.32. The number of nitrogens with one attached hydrogen (secondary N) is 1. The number of aromatic nitrogens is 1. The third-order valence-electron chi connectivity index (χ3n) is 4.06. The van der Waals surface area contributed by atoms with Crippen LogP contribution in [-0.4, -0.2) is 25.1 Å². The molecule has 1 aliphatic carbocycles. The second-order valence-electron chi connectivity index (χ2n) is 6.00. The van der Waals surface area contributed by atoms with E-state index < -0.39 is 9.84 Å². The molecular weight excluding hydrogens is 328 g/mol. The van der Waals surface area contributed by atoms with Crippen LogP contribution in [0, 0.1) is 5.92 Å². The number of nitrogens with zero attached hydrogens (tertiary/aromatic N) is 1. The Morgan fingerprint density at radius 3 is 2.62 bits per heavy atom. The van der Waals surface area contributed by atoms with Crippen LogP contribution < -0.4 is 5.32 Å². The fraction of sp³-hybridized carbons (Fsp3) is 0.412. The minimum absolute atomic E-state index is 0.0679. The van der Waals surface area contributed by atoms with Crippen LogP contribution in [0.3, 0.4) is 0 Å². The van der Waals surface area contributed by atoms with Crippen molar-refractivity contribution in [3.63, 3.8) is 0 Å². The van der Waals surface area contributed by atoms with E-state index in [-0.39, 0.29) is 17.4 Å². The quantitative estimate of drug-likeness (QED) is 0.829. The van der Waals surface area contributed by atoms with E-state index in [0.29, 0.717) is 23.2 Å². The largest absolute Gasteiger partial charge is 0.448 e. The highest BCUT2D eigenvalue weighted by atomic mass is 32.2. The Morgan fingerprint density at radius 2 is 2.00 bits per heavy atom. The van der Waals surface area contributed by atoms with Crippen molar-refractivity contribution in [2.75, 3.05) is 5.75 Å². The molecule has 3 rings (SSSR count). The molecule has 128 valence electrons.